The summed E-state index contributed by atoms with van der Waals surface area (Å²) in [7, 11) is -2.91. The maximum absolute atomic E-state index is 10.7. The highest BCUT2D eigenvalue weighted by Crippen LogP contribution is 2.58. The molecular weight excluding hydrogens is 490 g/mol. The molecular formula is C28H45NO7Si. The molecule has 3 aliphatic heterocycles. The van der Waals surface area contributed by atoms with E-state index >= 15 is 0 Å². The smallest absolute Gasteiger partial charge is 0.350 e. The second-order valence-corrected chi connectivity index (χ2v) is 17.9. The summed E-state index contributed by atoms with van der Waals surface area (Å²) in [5.74, 6) is 0.320. The first kappa shape index (κ1) is 27.7. The van der Waals surface area contributed by atoms with Gasteiger partial charge in [-0.3, -0.25) is 4.84 Å². The molecule has 2 N–H and O–H groups in total. The van der Waals surface area contributed by atoms with Gasteiger partial charge < -0.3 is 23.8 Å². The maximum Gasteiger partial charge on any atom is 0.350 e. The van der Waals surface area contributed by atoms with Crippen LogP contribution in [-0.4, -0.2) is 73.5 Å². The molecule has 0 amide bonds. The standard InChI is InChI=1S/C28H45NO7Si/c1-27(2,3)37(28(4,5)6)35-22-16-23(33-29-24(22)26(36-37)25(34-29)20(31)17-30)32-21-15-11-10-14-19(21)18-12-8-7-9-13-18/h7-9,12-13,19-26,30-31H,10-11,14-17H2,1-6H3/t19-,20-,21+,22+,23-,24-,25-,26-/m1/s1. The zero-order chi connectivity index (χ0) is 26.6. The number of rotatable bonds is 5. The zero-order valence-corrected chi connectivity index (χ0v) is 24.1. The molecule has 9 heteroatoms. The van der Waals surface area contributed by atoms with Crippen molar-refractivity contribution in [3.63, 3.8) is 0 Å². The van der Waals surface area contributed by atoms with Gasteiger partial charge in [-0.1, -0.05) is 89.9 Å². The summed E-state index contributed by atoms with van der Waals surface area (Å²) < 4.78 is 20.7. The topological polar surface area (TPSA) is 89.9 Å². The predicted molar refractivity (Wildman–Crippen MR) is 141 cm³/mol. The Kier molecular flexibility index (Phi) is 7.67. The van der Waals surface area contributed by atoms with Crippen LogP contribution in [-0.2, 0) is 23.3 Å². The molecule has 8 nitrogen and oxygen atoms in total. The summed E-state index contributed by atoms with van der Waals surface area (Å²) in [5.41, 5.74) is 1.30. The molecule has 0 spiro atoms. The Balaban J connectivity index is 1.43. The lowest BCUT2D eigenvalue weighted by atomic mass is 9.81. The molecule has 8 atom stereocenters. The van der Waals surface area contributed by atoms with E-state index in [1.165, 1.54) is 17.2 Å². The summed E-state index contributed by atoms with van der Waals surface area (Å²) in [6, 6.07) is 10.3. The Morgan fingerprint density at radius 3 is 2.32 bits per heavy atom. The molecule has 4 fully saturated rings. The molecule has 0 unspecified atom stereocenters. The monoisotopic (exact) mass is 535 g/mol. The summed E-state index contributed by atoms with van der Waals surface area (Å²) in [5, 5.41) is 21.4. The van der Waals surface area contributed by atoms with Gasteiger partial charge in [-0.25, -0.2) is 4.84 Å². The van der Waals surface area contributed by atoms with Crippen LogP contribution in [0.4, 0.5) is 0 Å². The van der Waals surface area contributed by atoms with Crippen molar-refractivity contribution in [2.45, 2.75) is 132 Å². The molecule has 1 aromatic rings. The van der Waals surface area contributed by atoms with Gasteiger partial charge >= 0.3 is 8.56 Å². The molecule has 4 aliphatic rings. The summed E-state index contributed by atoms with van der Waals surface area (Å²) in [6.07, 6.45) is 1.92. The molecule has 3 saturated heterocycles. The third kappa shape index (κ3) is 4.96. The fraction of sp³-hybridized carbons (Fsp3) is 0.786. The normalized spacial score (nSPS) is 37.2. The van der Waals surface area contributed by atoms with Gasteiger partial charge in [0.05, 0.1) is 18.8 Å². The van der Waals surface area contributed by atoms with Crippen LogP contribution in [0.25, 0.3) is 0 Å². The molecule has 208 valence electrons. The highest BCUT2D eigenvalue weighted by atomic mass is 28.4. The average Bonchev–Trinajstić information content (AvgIpc) is 3.22. The second kappa shape index (κ2) is 10.3. The lowest BCUT2D eigenvalue weighted by Crippen LogP contribution is -2.71. The fourth-order valence-electron chi connectivity index (χ4n) is 7.02. The number of benzene rings is 1. The maximum atomic E-state index is 10.7. The van der Waals surface area contributed by atoms with E-state index in [0.717, 1.165) is 19.3 Å². The Bertz CT molecular complexity index is 905. The van der Waals surface area contributed by atoms with Crippen molar-refractivity contribution in [2.24, 2.45) is 0 Å². The zero-order valence-electron chi connectivity index (χ0n) is 23.1. The van der Waals surface area contributed by atoms with Crippen LogP contribution < -0.4 is 0 Å². The van der Waals surface area contributed by atoms with E-state index in [9.17, 15) is 10.2 Å². The lowest BCUT2D eigenvalue weighted by molar-refractivity contribution is -0.453. The van der Waals surface area contributed by atoms with Crippen LogP contribution in [0.1, 0.15) is 85.1 Å². The molecule has 1 aromatic carbocycles. The Morgan fingerprint density at radius 2 is 1.68 bits per heavy atom. The molecule has 1 aliphatic carbocycles. The van der Waals surface area contributed by atoms with E-state index in [0.29, 0.717) is 12.3 Å². The number of hydroxylamine groups is 2. The average molecular weight is 536 g/mol. The van der Waals surface area contributed by atoms with Crippen molar-refractivity contribution in [3.8, 4) is 0 Å². The van der Waals surface area contributed by atoms with Crippen molar-refractivity contribution in [2.75, 3.05) is 6.61 Å². The number of aliphatic hydroxyl groups is 2. The molecule has 1 saturated carbocycles. The van der Waals surface area contributed by atoms with E-state index < -0.39 is 39.8 Å². The minimum atomic E-state index is -2.91. The van der Waals surface area contributed by atoms with E-state index in [2.05, 4.69) is 65.8 Å². The third-order valence-electron chi connectivity index (χ3n) is 8.57. The van der Waals surface area contributed by atoms with E-state index in [1.807, 2.05) is 6.07 Å². The minimum absolute atomic E-state index is 0.0435. The Labute approximate surface area is 222 Å². The number of hydrogen-bond donors (Lipinski definition) is 2. The highest BCUT2D eigenvalue weighted by Gasteiger charge is 2.69. The summed E-state index contributed by atoms with van der Waals surface area (Å²) in [6.45, 7) is 12.6. The first-order valence-electron chi connectivity index (χ1n) is 13.9. The van der Waals surface area contributed by atoms with Crippen LogP contribution in [0.15, 0.2) is 30.3 Å². The van der Waals surface area contributed by atoms with Crippen molar-refractivity contribution in [3.05, 3.63) is 35.9 Å². The Hall–Kier alpha value is -0.883. The van der Waals surface area contributed by atoms with Crippen LogP contribution in [0.3, 0.4) is 0 Å². The number of hydrogen-bond acceptors (Lipinski definition) is 8. The number of nitrogens with zero attached hydrogens (tertiary/aromatic N) is 1. The van der Waals surface area contributed by atoms with Gasteiger partial charge in [0.15, 0.2) is 6.29 Å². The molecule has 0 aromatic heterocycles. The van der Waals surface area contributed by atoms with Gasteiger partial charge in [0.25, 0.3) is 0 Å². The summed E-state index contributed by atoms with van der Waals surface area (Å²) >= 11 is 0. The van der Waals surface area contributed by atoms with Gasteiger partial charge in [-0.15, -0.1) is 0 Å². The van der Waals surface area contributed by atoms with Gasteiger partial charge in [0.2, 0.25) is 0 Å². The first-order valence-corrected chi connectivity index (χ1v) is 15.7. The van der Waals surface area contributed by atoms with Gasteiger partial charge in [-0.2, -0.15) is 0 Å². The fourth-order valence-corrected chi connectivity index (χ4v) is 12.1. The summed E-state index contributed by atoms with van der Waals surface area (Å²) in [4.78, 5) is 12.4. The number of aliphatic hydroxyl groups excluding tert-OH is 2. The van der Waals surface area contributed by atoms with E-state index in [4.69, 9.17) is 23.3 Å². The van der Waals surface area contributed by atoms with Crippen molar-refractivity contribution in [1.29, 1.82) is 0 Å². The van der Waals surface area contributed by atoms with E-state index in [1.54, 1.807) is 0 Å². The van der Waals surface area contributed by atoms with Gasteiger partial charge in [-0.05, 0) is 18.4 Å². The quantitative estimate of drug-likeness (QED) is 0.531. The predicted octanol–water partition coefficient (Wildman–Crippen LogP) is 4.55. The first-order chi connectivity index (χ1) is 17.4. The highest BCUT2D eigenvalue weighted by molar-refractivity contribution is 6.73. The molecule has 37 heavy (non-hydrogen) atoms. The Morgan fingerprint density at radius 1 is 1.00 bits per heavy atom. The van der Waals surface area contributed by atoms with Crippen molar-refractivity contribution >= 4 is 8.56 Å². The lowest BCUT2D eigenvalue weighted by Gasteiger charge is -2.57. The van der Waals surface area contributed by atoms with Crippen molar-refractivity contribution in [1.82, 2.24) is 5.23 Å². The van der Waals surface area contributed by atoms with E-state index in [-0.39, 0.29) is 28.3 Å². The molecule has 0 radical (unpaired) electrons. The van der Waals surface area contributed by atoms with Crippen LogP contribution >= 0.6 is 0 Å². The van der Waals surface area contributed by atoms with Crippen LogP contribution in [0.2, 0.25) is 10.1 Å². The van der Waals surface area contributed by atoms with Crippen LogP contribution in [0, 0.1) is 0 Å². The molecule has 3 heterocycles. The third-order valence-corrected chi connectivity index (χ3v) is 13.8. The van der Waals surface area contributed by atoms with Crippen LogP contribution in [0.5, 0.6) is 0 Å². The number of ether oxygens (including phenoxy) is 1. The van der Waals surface area contributed by atoms with Gasteiger partial charge in [0.1, 0.15) is 24.4 Å². The van der Waals surface area contributed by atoms with Crippen molar-refractivity contribution < 1.29 is 33.5 Å². The SMILES string of the molecule is CC(C)(C)[Si]1(C(C)(C)C)O[C@H]2[C@@H]([C@H](O)CO)ON3O[C@@H](O[C@H]4CCCC[C@@H]4c4ccccc4)C[C@H](O1)[C@H]23. The second-order valence-electron chi connectivity index (χ2n) is 13.2. The molecule has 5 rings (SSSR count). The minimum Gasteiger partial charge on any atom is -0.394 e. The van der Waals surface area contributed by atoms with Gasteiger partial charge in [0, 0.05) is 22.4 Å². The largest absolute Gasteiger partial charge is 0.394 e. The molecule has 0 bridgehead atoms.